The molecule has 4 aromatic rings. The molecule has 1 fully saturated rings. The van der Waals surface area contributed by atoms with E-state index in [1.807, 2.05) is 43.3 Å². The highest BCUT2D eigenvalue weighted by molar-refractivity contribution is 7.20. The molecule has 3 heterocycles. The molecule has 1 aliphatic heterocycles. The normalized spacial score (nSPS) is 14.1. The number of aryl methyl sites for hydroxylation is 1. The van der Waals surface area contributed by atoms with Crippen LogP contribution in [-0.2, 0) is 4.74 Å². The molecule has 162 valence electrons. The summed E-state index contributed by atoms with van der Waals surface area (Å²) in [4.78, 5) is 28.3. The third-order valence-electron chi connectivity index (χ3n) is 5.87. The number of carbonyl (C=O) groups is 1. The Labute approximate surface area is 191 Å². The van der Waals surface area contributed by atoms with Crippen molar-refractivity contribution in [3.63, 3.8) is 0 Å². The summed E-state index contributed by atoms with van der Waals surface area (Å²) in [6.45, 7) is 5.46. The zero-order valence-corrected chi connectivity index (χ0v) is 18.9. The van der Waals surface area contributed by atoms with Gasteiger partial charge in [0.1, 0.15) is 15.5 Å². The first-order chi connectivity index (χ1) is 15.7. The minimum absolute atomic E-state index is 0.327. The van der Waals surface area contributed by atoms with Crippen molar-refractivity contribution in [2.75, 3.05) is 43.1 Å². The van der Waals surface area contributed by atoms with E-state index in [0.29, 0.717) is 10.7 Å². The third-order valence-corrected chi connectivity index (χ3v) is 7.04. The fourth-order valence-corrected chi connectivity index (χ4v) is 5.26. The third kappa shape index (κ3) is 3.69. The Bertz CT molecular complexity index is 1250. The van der Waals surface area contributed by atoms with Gasteiger partial charge in [0.05, 0.1) is 12.5 Å². The summed E-state index contributed by atoms with van der Waals surface area (Å²) in [7, 11) is 1.41. The number of thiophene rings is 1. The second-order valence-corrected chi connectivity index (χ2v) is 8.77. The van der Waals surface area contributed by atoms with Crippen LogP contribution in [-0.4, -0.2) is 49.2 Å². The SMILES string of the molecule is COC(=O)c1sc2nc(-c3ccccc3)nc(N3CCN(c4ccccc4)CC3)c2c1C. The standard InChI is InChI=1S/C25H24N4O2S/c1-17-20-23(29-15-13-28(14-16-29)19-11-7-4-8-12-19)26-22(18-9-5-3-6-10-18)27-24(20)32-21(17)25(30)31-2/h3-12H,13-16H2,1-2H3. The monoisotopic (exact) mass is 444 g/mol. The molecule has 0 unspecified atom stereocenters. The van der Waals surface area contributed by atoms with Gasteiger partial charge >= 0.3 is 5.97 Å². The van der Waals surface area contributed by atoms with Gasteiger partial charge in [0.25, 0.3) is 0 Å². The smallest absolute Gasteiger partial charge is 0.348 e. The molecule has 2 aromatic heterocycles. The van der Waals surface area contributed by atoms with E-state index in [1.165, 1.54) is 24.1 Å². The van der Waals surface area contributed by atoms with Crippen LogP contribution in [0.3, 0.4) is 0 Å². The zero-order chi connectivity index (χ0) is 22.1. The molecule has 5 rings (SSSR count). The lowest BCUT2D eigenvalue weighted by molar-refractivity contribution is 0.0605. The number of hydrogen-bond acceptors (Lipinski definition) is 7. The molecule has 0 atom stereocenters. The summed E-state index contributed by atoms with van der Waals surface area (Å²) < 4.78 is 5.01. The second kappa shape index (κ2) is 8.59. The lowest BCUT2D eigenvalue weighted by atomic mass is 10.1. The summed E-state index contributed by atoms with van der Waals surface area (Å²) in [5.74, 6) is 1.24. The molecule has 32 heavy (non-hydrogen) atoms. The van der Waals surface area contributed by atoms with Gasteiger partial charge in [-0.3, -0.25) is 0 Å². The van der Waals surface area contributed by atoms with Crippen LogP contribution < -0.4 is 9.80 Å². The van der Waals surface area contributed by atoms with Crippen molar-refractivity contribution < 1.29 is 9.53 Å². The van der Waals surface area contributed by atoms with Crippen molar-refractivity contribution in [2.24, 2.45) is 0 Å². The quantitative estimate of drug-likeness (QED) is 0.422. The van der Waals surface area contributed by atoms with Crippen LogP contribution in [0.1, 0.15) is 15.2 Å². The van der Waals surface area contributed by atoms with Crippen LogP contribution in [0, 0.1) is 6.92 Å². The summed E-state index contributed by atoms with van der Waals surface area (Å²) in [6.07, 6.45) is 0. The lowest BCUT2D eigenvalue weighted by Crippen LogP contribution is -2.47. The number of anilines is 2. The van der Waals surface area contributed by atoms with Crippen molar-refractivity contribution in [1.82, 2.24) is 9.97 Å². The molecule has 0 amide bonds. The molecule has 0 aliphatic carbocycles. The van der Waals surface area contributed by atoms with E-state index in [1.54, 1.807) is 0 Å². The Kier molecular flexibility index (Phi) is 5.49. The van der Waals surface area contributed by atoms with Crippen LogP contribution in [0.25, 0.3) is 21.6 Å². The highest BCUT2D eigenvalue weighted by Crippen LogP contribution is 2.37. The Hall–Kier alpha value is -3.45. The van der Waals surface area contributed by atoms with Crippen LogP contribution >= 0.6 is 11.3 Å². The van der Waals surface area contributed by atoms with Crippen LogP contribution in [0.5, 0.6) is 0 Å². The number of carbonyl (C=O) groups excluding carboxylic acids is 1. The van der Waals surface area contributed by atoms with E-state index >= 15 is 0 Å². The Morgan fingerprint density at radius 2 is 1.53 bits per heavy atom. The molecule has 0 radical (unpaired) electrons. The molecule has 7 heteroatoms. The van der Waals surface area contributed by atoms with Crippen LogP contribution in [0.2, 0.25) is 0 Å². The van der Waals surface area contributed by atoms with Gasteiger partial charge in [0.2, 0.25) is 0 Å². The van der Waals surface area contributed by atoms with Gasteiger partial charge in [-0.15, -0.1) is 11.3 Å². The minimum Gasteiger partial charge on any atom is -0.465 e. The van der Waals surface area contributed by atoms with E-state index in [2.05, 4.69) is 34.1 Å². The predicted molar refractivity (Wildman–Crippen MR) is 130 cm³/mol. The molecule has 0 saturated carbocycles. The van der Waals surface area contributed by atoms with Gasteiger partial charge in [0.15, 0.2) is 5.82 Å². The summed E-state index contributed by atoms with van der Waals surface area (Å²) in [6, 6.07) is 20.5. The number of esters is 1. The number of rotatable bonds is 4. The number of benzene rings is 2. The van der Waals surface area contributed by atoms with Gasteiger partial charge in [-0.05, 0) is 24.6 Å². The summed E-state index contributed by atoms with van der Waals surface area (Å²) in [5.41, 5.74) is 3.09. The van der Waals surface area contributed by atoms with Gasteiger partial charge in [-0.25, -0.2) is 14.8 Å². The number of fused-ring (bicyclic) bond motifs is 1. The average molecular weight is 445 g/mol. The maximum atomic E-state index is 12.4. The van der Waals surface area contributed by atoms with Gasteiger partial charge in [-0.1, -0.05) is 48.5 Å². The van der Waals surface area contributed by atoms with Crippen molar-refractivity contribution in [3.05, 3.63) is 71.1 Å². The molecule has 1 aliphatic rings. The number of nitrogens with zero attached hydrogens (tertiary/aromatic N) is 4. The largest absolute Gasteiger partial charge is 0.465 e. The van der Waals surface area contributed by atoms with E-state index in [4.69, 9.17) is 14.7 Å². The highest BCUT2D eigenvalue weighted by atomic mass is 32.1. The number of piperazine rings is 1. The molecule has 1 saturated heterocycles. The topological polar surface area (TPSA) is 58.6 Å². The van der Waals surface area contributed by atoms with Gasteiger partial charge in [-0.2, -0.15) is 0 Å². The number of para-hydroxylation sites is 1. The molecule has 6 nitrogen and oxygen atoms in total. The molecule has 0 N–H and O–H groups in total. The highest BCUT2D eigenvalue weighted by Gasteiger charge is 2.26. The van der Waals surface area contributed by atoms with Crippen molar-refractivity contribution >= 4 is 39.0 Å². The maximum Gasteiger partial charge on any atom is 0.348 e. The van der Waals surface area contributed by atoms with Crippen molar-refractivity contribution in [1.29, 1.82) is 0 Å². The average Bonchev–Trinajstić information content (AvgIpc) is 3.20. The minimum atomic E-state index is -0.327. The first-order valence-corrected chi connectivity index (χ1v) is 11.5. The van der Waals surface area contributed by atoms with E-state index in [9.17, 15) is 4.79 Å². The van der Waals surface area contributed by atoms with E-state index < -0.39 is 0 Å². The first kappa shape index (κ1) is 20.5. The van der Waals surface area contributed by atoms with Crippen molar-refractivity contribution in [2.45, 2.75) is 6.92 Å². The van der Waals surface area contributed by atoms with Gasteiger partial charge < -0.3 is 14.5 Å². The maximum absolute atomic E-state index is 12.4. The second-order valence-electron chi connectivity index (χ2n) is 7.77. The molecule has 0 bridgehead atoms. The zero-order valence-electron chi connectivity index (χ0n) is 18.1. The predicted octanol–water partition coefficient (Wildman–Crippen LogP) is 4.78. The Morgan fingerprint density at radius 3 is 2.19 bits per heavy atom. The lowest BCUT2D eigenvalue weighted by Gasteiger charge is -2.37. The Morgan fingerprint density at radius 1 is 0.906 bits per heavy atom. The number of ether oxygens (including phenoxy) is 1. The number of methoxy groups -OCH3 is 1. The fraction of sp³-hybridized carbons (Fsp3) is 0.240. The van der Waals surface area contributed by atoms with Crippen molar-refractivity contribution in [3.8, 4) is 11.4 Å². The van der Waals surface area contributed by atoms with E-state index in [0.717, 1.165) is 53.3 Å². The molecular formula is C25H24N4O2S. The summed E-state index contributed by atoms with van der Waals surface area (Å²) in [5, 5.41) is 0.947. The van der Waals surface area contributed by atoms with E-state index in [-0.39, 0.29) is 5.97 Å². The number of aromatic nitrogens is 2. The first-order valence-electron chi connectivity index (χ1n) is 10.7. The Balaban J connectivity index is 1.56. The fourth-order valence-electron chi connectivity index (χ4n) is 4.17. The molecular weight excluding hydrogens is 420 g/mol. The summed E-state index contributed by atoms with van der Waals surface area (Å²) >= 11 is 1.38. The molecule has 0 spiro atoms. The van der Waals surface area contributed by atoms with Crippen LogP contribution in [0.4, 0.5) is 11.5 Å². The number of hydrogen-bond donors (Lipinski definition) is 0. The van der Waals surface area contributed by atoms with Crippen LogP contribution in [0.15, 0.2) is 60.7 Å². The van der Waals surface area contributed by atoms with Gasteiger partial charge in [0, 0.05) is 37.4 Å². The molecule has 2 aromatic carbocycles.